The van der Waals surface area contributed by atoms with E-state index >= 15 is 0 Å². The van der Waals surface area contributed by atoms with E-state index in [9.17, 15) is 13.2 Å². The molecule has 0 aliphatic heterocycles. The molecule has 0 amide bonds. The Kier molecular flexibility index (Phi) is 3.95. The highest BCUT2D eigenvalue weighted by atomic mass is 32.1. The lowest BCUT2D eigenvalue weighted by Gasteiger charge is -2.10. The molecule has 2 N–H and O–H groups in total. The van der Waals surface area contributed by atoms with E-state index in [2.05, 4.69) is 20.1 Å². The topological polar surface area (TPSA) is 91.2 Å². The molecular weight excluding hydrogens is 381 g/mol. The number of halogens is 3. The Morgan fingerprint density at radius 3 is 2.63 bits per heavy atom. The summed E-state index contributed by atoms with van der Waals surface area (Å²) in [6, 6.07) is 2.70. The highest BCUT2D eigenvalue weighted by Gasteiger charge is 2.34. The molecule has 0 radical (unpaired) electrons. The summed E-state index contributed by atoms with van der Waals surface area (Å²) in [5.41, 5.74) is 5.66. The Balaban J connectivity index is 1.81. The van der Waals surface area contributed by atoms with Crippen LogP contribution in [0.25, 0.3) is 26.8 Å². The third-order valence-corrected chi connectivity index (χ3v) is 4.77. The second-order valence-electron chi connectivity index (χ2n) is 5.51. The summed E-state index contributed by atoms with van der Waals surface area (Å²) in [6.45, 7) is 0. The zero-order valence-electron chi connectivity index (χ0n) is 13.7. The highest BCUT2D eigenvalue weighted by molar-refractivity contribution is 7.19. The van der Waals surface area contributed by atoms with E-state index in [0.29, 0.717) is 27.0 Å². The Labute approximate surface area is 154 Å². The lowest BCUT2D eigenvalue weighted by molar-refractivity contribution is -0.137. The minimum atomic E-state index is -4.60. The van der Waals surface area contributed by atoms with E-state index in [1.165, 1.54) is 35.4 Å². The van der Waals surface area contributed by atoms with Crippen molar-refractivity contribution in [1.29, 1.82) is 0 Å². The van der Waals surface area contributed by atoms with Gasteiger partial charge in [0.15, 0.2) is 0 Å². The van der Waals surface area contributed by atoms with Crippen LogP contribution in [0.1, 0.15) is 5.56 Å². The number of hydrogen-bond donors (Lipinski definition) is 1. The number of pyridine rings is 2. The third kappa shape index (κ3) is 3.05. The maximum atomic E-state index is 13.1. The predicted molar refractivity (Wildman–Crippen MR) is 93.3 cm³/mol. The first-order chi connectivity index (χ1) is 12.9. The van der Waals surface area contributed by atoms with Gasteiger partial charge in [-0.25, -0.2) is 14.5 Å². The first kappa shape index (κ1) is 17.2. The molecule has 0 unspecified atom stereocenters. The Morgan fingerprint density at radius 1 is 1.07 bits per heavy atom. The van der Waals surface area contributed by atoms with Crippen molar-refractivity contribution in [2.24, 2.45) is 0 Å². The number of aromatic nitrogens is 5. The number of nitrogens with zero attached hydrogens (tertiary/aromatic N) is 5. The third-order valence-electron chi connectivity index (χ3n) is 3.80. The van der Waals surface area contributed by atoms with Gasteiger partial charge in [0.2, 0.25) is 4.96 Å². The Hall–Kier alpha value is -3.21. The molecule has 4 rings (SSSR count). The zero-order chi connectivity index (χ0) is 19.2. The zero-order valence-corrected chi connectivity index (χ0v) is 14.5. The first-order valence-corrected chi connectivity index (χ1v) is 8.35. The van der Waals surface area contributed by atoms with Gasteiger partial charge in [0.1, 0.15) is 16.6 Å². The summed E-state index contributed by atoms with van der Waals surface area (Å²) >= 11 is 1.28. The van der Waals surface area contributed by atoms with Gasteiger partial charge in [-0.2, -0.15) is 18.3 Å². The summed E-state index contributed by atoms with van der Waals surface area (Å²) in [4.78, 5) is 12.5. The molecule has 0 fully saturated rings. The standard InChI is InChI=1S/C16H11F3N6OS/c1-26-10-2-9(4-21-6-10)14-24-25-12(7-23-15(25)27-14)8-3-11(16(17,18)19)13(20)22-5-8/h2-7H,1H3,(H2,20,22). The van der Waals surface area contributed by atoms with Gasteiger partial charge in [-0.1, -0.05) is 11.3 Å². The van der Waals surface area contributed by atoms with Gasteiger partial charge in [0, 0.05) is 23.5 Å². The molecule has 4 heterocycles. The van der Waals surface area contributed by atoms with Gasteiger partial charge in [-0.05, 0) is 12.1 Å². The quantitative estimate of drug-likeness (QED) is 0.574. The Morgan fingerprint density at radius 2 is 1.89 bits per heavy atom. The highest BCUT2D eigenvalue weighted by Crippen LogP contribution is 2.36. The van der Waals surface area contributed by atoms with Gasteiger partial charge < -0.3 is 10.5 Å². The number of anilines is 1. The molecule has 4 aromatic heterocycles. The number of methoxy groups -OCH3 is 1. The summed E-state index contributed by atoms with van der Waals surface area (Å²) in [5, 5.41) is 5.05. The number of nitrogen functional groups attached to an aromatic ring is 1. The van der Waals surface area contributed by atoms with Gasteiger partial charge in [-0.3, -0.25) is 4.98 Å². The van der Waals surface area contributed by atoms with Crippen LogP contribution in [0, 0.1) is 0 Å². The molecule has 0 saturated heterocycles. The lowest BCUT2D eigenvalue weighted by Crippen LogP contribution is -2.10. The number of ether oxygens (including phenoxy) is 1. The molecule has 7 nitrogen and oxygen atoms in total. The summed E-state index contributed by atoms with van der Waals surface area (Å²) in [7, 11) is 1.53. The van der Waals surface area contributed by atoms with Crippen molar-refractivity contribution < 1.29 is 17.9 Å². The minimum absolute atomic E-state index is 0.213. The van der Waals surface area contributed by atoms with Gasteiger partial charge in [0.25, 0.3) is 0 Å². The monoisotopic (exact) mass is 392 g/mol. The van der Waals surface area contributed by atoms with Crippen molar-refractivity contribution in [2.75, 3.05) is 12.8 Å². The van der Waals surface area contributed by atoms with Crippen molar-refractivity contribution >= 4 is 22.1 Å². The normalized spacial score (nSPS) is 11.9. The van der Waals surface area contributed by atoms with Crippen molar-refractivity contribution in [2.45, 2.75) is 6.18 Å². The van der Waals surface area contributed by atoms with E-state index in [1.54, 1.807) is 18.5 Å². The van der Waals surface area contributed by atoms with Crippen LogP contribution in [0.2, 0.25) is 0 Å². The molecular formula is C16H11F3N6OS. The van der Waals surface area contributed by atoms with Crippen LogP contribution in [0.3, 0.4) is 0 Å². The fourth-order valence-corrected chi connectivity index (χ4v) is 3.35. The fraction of sp³-hybridized carbons (Fsp3) is 0.125. The van der Waals surface area contributed by atoms with Crippen LogP contribution < -0.4 is 10.5 Å². The molecule has 0 bridgehead atoms. The van der Waals surface area contributed by atoms with Gasteiger partial charge in [0.05, 0.1) is 30.8 Å². The number of fused-ring (bicyclic) bond motifs is 1. The van der Waals surface area contributed by atoms with Gasteiger partial charge in [-0.15, -0.1) is 0 Å². The minimum Gasteiger partial charge on any atom is -0.495 e. The van der Waals surface area contributed by atoms with E-state index in [0.717, 1.165) is 6.07 Å². The summed E-state index contributed by atoms with van der Waals surface area (Å²) < 4.78 is 45.9. The number of nitrogens with two attached hydrogens (primary N) is 1. The van der Waals surface area contributed by atoms with Crippen molar-refractivity contribution in [1.82, 2.24) is 24.6 Å². The molecule has 4 aromatic rings. The van der Waals surface area contributed by atoms with E-state index in [-0.39, 0.29) is 5.56 Å². The van der Waals surface area contributed by atoms with Crippen LogP contribution in [0.4, 0.5) is 19.0 Å². The average Bonchev–Trinajstić information content (AvgIpc) is 3.22. The number of hydrogen-bond acceptors (Lipinski definition) is 7. The van der Waals surface area contributed by atoms with E-state index in [1.807, 2.05) is 0 Å². The number of rotatable bonds is 3. The van der Waals surface area contributed by atoms with Crippen LogP contribution >= 0.6 is 11.3 Å². The summed E-state index contributed by atoms with van der Waals surface area (Å²) in [6.07, 6.45) is 1.29. The fourth-order valence-electron chi connectivity index (χ4n) is 2.50. The van der Waals surface area contributed by atoms with Crippen LogP contribution in [-0.2, 0) is 6.18 Å². The molecule has 0 aliphatic rings. The maximum Gasteiger partial charge on any atom is 0.419 e. The average molecular weight is 392 g/mol. The SMILES string of the molecule is COc1cncc(-c2nn3c(-c4cnc(N)c(C(F)(F)F)c4)cnc3s2)c1. The van der Waals surface area contributed by atoms with Crippen molar-refractivity contribution in [3.8, 4) is 27.6 Å². The largest absolute Gasteiger partial charge is 0.495 e. The summed E-state index contributed by atoms with van der Waals surface area (Å²) in [5.74, 6) is -0.00783. The maximum absolute atomic E-state index is 13.1. The lowest BCUT2D eigenvalue weighted by atomic mass is 10.1. The van der Waals surface area contributed by atoms with Crippen LogP contribution in [-0.4, -0.2) is 31.7 Å². The van der Waals surface area contributed by atoms with Crippen LogP contribution in [0.5, 0.6) is 5.75 Å². The second-order valence-corrected chi connectivity index (χ2v) is 6.47. The smallest absolute Gasteiger partial charge is 0.419 e. The second kappa shape index (κ2) is 6.20. The molecule has 11 heteroatoms. The molecule has 27 heavy (non-hydrogen) atoms. The molecule has 0 atom stereocenters. The van der Waals surface area contributed by atoms with E-state index < -0.39 is 17.6 Å². The molecule has 0 spiro atoms. The Bertz CT molecular complexity index is 1140. The molecule has 0 aliphatic carbocycles. The first-order valence-electron chi connectivity index (χ1n) is 7.54. The van der Waals surface area contributed by atoms with Crippen molar-refractivity contribution in [3.63, 3.8) is 0 Å². The van der Waals surface area contributed by atoms with E-state index in [4.69, 9.17) is 10.5 Å². The molecule has 0 saturated carbocycles. The number of imidazole rings is 1. The van der Waals surface area contributed by atoms with Gasteiger partial charge >= 0.3 is 6.18 Å². The van der Waals surface area contributed by atoms with Crippen molar-refractivity contribution in [3.05, 3.63) is 42.5 Å². The number of alkyl halides is 3. The molecule has 138 valence electrons. The molecule has 0 aromatic carbocycles. The predicted octanol–water partition coefficient (Wildman–Crippen LogP) is 3.52. The van der Waals surface area contributed by atoms with Crippen LogP contribution in [0.15, 0.2) is 36.9 Å².